The number of rotatable bonds is 4. The summed E-state index contributed by atoms with van der Waals surface area (Å²) in [6, 6.07) is 1.92. The van der Waals surface area contributed by atoms with Crippen LogP contribution < -0.4 is 11.3 Å². The molecule has 0 aromatic carbocycles. The van der Waals surface area contributed by atoms with Gasteiger partial charge in [-0.05, 0) is 30.5 Å². The van der Waals surface area contributed by atoms with Crippen LogP contribution >= 0.6 is 0 Å². The molecule has 16 heavy (non-hydrogen) atoms. The Morgan fingerprint density at radius 3 is 2.94 bits per heavy atom. The highest BCUT2D eigenvalue weighted by atomic mass is 16.3. The standard InChI is InChI=1S/C11H16N4O/c1-8-3-4-16-11(8)10(14-12)5-9-6-13-15(2)7-9/h3-4,6-7,10,14H,5,12H2,1-2H3. The molecule has 5 nitrogen and oxygen atoms in total. The summed E-state index contributed by atoms with van der Waals surface area (Å²) in [5.74, 6) is 6.43. The molecule has 0 amide bonds. The van der Waals surface area contributed by atoms with Gasteiger partial charge in [-0.2, -0.15) is 5.10 Å². The lowest BCUT2D eigenvalue weighted by atomic mass is 10.1. The number of hydrogen-bond acceptors (Lipinski definition) is 4. The Balaban J connectivity index is 2.15. The number of aromatic nitrogens is 2. The van der Waals surface area contributed by atoms with E-state index in [2.05, 4.69) is 10.5 Å². The van der Waals surface area contributed by atoms with Crippen molar-refractivity contribution in [3.8, 4) is 0 Å². The van der Waals surface area contributed by atoms with E-state index in [1.165, 1.54) is 0 Å². The van der Waals surface area contributed by atoms with Crippen molar-refractivity contribution in [3.05, 3.63) is 41.6 Å². The number of nitrogens with two attached hydrogens (primary N) is 1. The molecule has 0 aliphatic heterocycles. The topological polar surface area (TPSA) is 69.0 Å². The second-order valence-corrected chi connectivity index (χ2v) is 3.91. The van der Waals surface area contributed by atoms with E-state index < -0.39 is 0 Å². The van der Waals surface area contributed by atoms with Gasteiger partial charge in [-0.3, -0.25) is 10.5 Å². The summed E-state index contributed by atoms with van der Waals surface area (Å²) in [7, 11) is 1.90. The molecule has 0 aliphatic carbocycles. The molecule has 2 aromatic rings. The summed E-state index contributed by atoms with van der Waals surface area (Å²) in [5, 5.41) is 4.13. The van der Waals surface area contributed by atoms with Gasteiger partial charge in [-0.1, -0.05) is 0 Å². The molecule has 0 saturated heterocycles. The number of nitrogens with one attached hydrogen (secondary N) is 1. The summed E-state index contributed by atoms with van der Waals surface area (Å²) in [6.45, 7) is 2.01. The molecule has 2 heterocycles. The third-order valence-electron chi connectivity index (χ3n) is 2.62. The van der Waals surface area contributed by atoms with Crippen LogP contribution in [0.4, 0.5) is 0 Å². The van der Waals surface area contributed by atoms with Crippen molar-refractivity contribution in [2.75, 3.05) is 0 Å². The average Bonchev–Trinajstić information content (AvgIpc) is 2.84. The highest BCUT2D eigenvalue weighted by Crippen LogP contribution is 2.21. The predicted molar refractivity (Wildman–Crippen MR) is 60.4 cm³/mol. The van der Waals surface area contributed by atoms with Gasteiger partial charge in [0.1, 0.15) is 5.76 Å². The highest BCUT2D eigenvalue weighted by Gasteiger charge is 2.16. The maximum absolute atomic E-state index is 5.55. The highest BCUT2D eigenvalue weighted by molar-refractivity contribution is 5.20. The van der Waals surface area contributed by atoms with Gasteiger partial charge in [0.25, 0.3) is 0 Å². The van der Waals surface area contributed by atoms with E-state index in [1.807, 2.05) is 32.4 Å². The van der Waals surface area contributed by atoms with Crippen molar-refractivity contribution < 1.29 is 4.42 Å². The number of hydrogen-bond donors (Lipinski definition) is 2. The predicted octanol–water partition coefficient (Wildman–Crippen LogP) is 1.07. The van der Waals surface area contributed by atoms with Crippen molar-refractivity contribution in [1.29, 1.82) is 0 Å². The van der Waals surface area contributed by atoms with E-state index in [0.29, 0.717) is 0 Å². The SMILES string of the molecule is Cc1ccoc1C(Cc1cnn(C)c1)NN. The molecule has 0 saturated carbocycles. The van der Waals surface area contributed by atoms with Crippen molar-refractivity contribution >= 4 is 0 Å². The van der Waals surface area contributed by atoms with Gasteiger partial charge >= 0.3 is 0 Å². The Kier molecular flexibility index (Phi) is 3.07. The molecule has 2 rings (SSSR count). The van der Waals surface area contributed by atoms with E-state index >= 15 is 0 Å². The minimum absolute atomic E-state index is 0.0146. The van der Waals surface area contributed by atoms with Crippen LogP contribution in [-0.2, 0) is 13.5 Å². The Morgan fingerprint density at radius 1 is 1.62 bits per heavy atom. The van der Waals surface area contributed by atoms with E-state index in [4.69, 9.17) is 10.3 Å². The maximum atomic E-state index is 5.55. The lowest BCUT2D eigenvalue weighted by molar-refractivity contribution is 0.413. The first-order chi connectivity index (χ1) is 7.70. The van der Waals surface area contributed by atoms with Crippen LogP contribution in [0, 0.1) is 6.92 Å². The fourth-order valence-electron chi connectivity index (χ4n) is 1.78. The maximum Gasteiger partial charge on any atom is 0.125 e. The number of hydrazine groups is 1. The molecule has 1 unspecified atom stereocenters. The fourth-order valence-corrected chi connectivity index (χ4v) is 1.78. The number of furan rings is 1. The van der Waals surface area contributed by atoms with E-state index in [0.717, 1.165) is 23.3 Å². The van der Waals surface area contributed by atoms with Gasteiger partial charge in [-0.25, -0.2) is 5.43 Å². The van der Waals surface area contributed by atoms with Crippen LogP contribution in [0.2, 0.25) is 0 Å². The summed E-state index contributed by atoms with van der Waals surface area (Å²) < 4.78 is 7.20. The third kappa shape index (κ3) is 2.15. The van der Waals surface area contributed by atoms with Crippen molar-refractivity contribution in [2.24, 2.45) is 12.9 Å². The minimum atomic E-state index is -0.0146. The molecule has 5 heteroatoms. The number of nitrogens with zero attached hydrogens (tertiary/aromatic N) is 2. The molecule has 0 aliphatic rings. The van der Waals surface area contributed by atoms with Crippen LogP contribution in [-0.4, -0.2) is 9.78 Å². The second-order valence-electron chi connectivity index (χ2n) is 3.91. The van der Waals surface area contributed by atoms with Crippen LogP contribution in [0.25, 0.3) is 0 Å². The van der Waals surface area contributed by atoms with Gasteiger partial charge < -0.3 is 4.42 Å². The zero-order valence-electron chi connectivity index (χ0n) is 9.47. The van der Waals surface area contributed by atoms with Gasteiger partial charge in [0, 0.05) is 13.2 Å². The Morgan fingerprint density at radius 2 is 2.44 bits per heavy atom. The van der Waals surface area contributed by atoms with Gasteiger partial charge in [0.15, 0.2) is 0 Å². The molecule has 0 radical (unpaired) electrons. The van der Waals surface area contributed by atoms with E-state index in [9.17, 15) is 0 Å². The largest absolute Gasteiger partial charge is 0.467 e. The summed E-state index contributed by atoms with van der Waals surface area (Å²) >= 11 is 0. The first-order valence-corrected chi connectivity index (χ1v) is 5.18. The molecule has 3 N–H and O–H groups in total. The first kappa shape index (κ1) is 10.9. The van der Waals surface area contributed by atoms with Crippen LogP contribution in [0.5, 0.6) is 0 Å². The average molecular weight is 220 g/mol. The minimum Gasteiger partial charge on any atom is -0.467 e. The molecule has 0 fully saturated rings. The molecular weight excluding hydrogens is 204 g/mol. The summed E-state index contributed by atoms with van der Waals surface area (Å²) in [5.41, 5.74) is 5.00. The summed E-state index contributed by atoms with van der Waals surface area (Å²) in [6.07, 6.45) is 6.25. The van der Waals surface area contributed by atoms with Crippen molar-refractivity contribution in [1.82, 2.24) is 15.2 Å². The lowest BCUT2D eigenvalue weighted by Crippen LogP contribution is -2.29. The zero-order valence-corrected chi connectivity index (χ0v) is 9.47. The van der Waals surface area contributed by atoms with Crippen molar-refractivity contribution in [2.45, 2.75) is 19.4 Å². The molecule has 2 aromatic heterocycles. The molecular formula is C11H16N4O. The van der Waals surface area contributed by atoms with Crippen LogP contribution in [0.3, 0.4) is 0 Å². The first-order valence-electron chi connectivity index (χ1n) is 5.18. The summed E-state index contributed by atoms with van der Waals surface area (Å²) in [4.78, 5) is 0. The second kappa shape index (κ2) is 4.51. The van der Waals surface area contributed by atoms with E-state index in [-0.39, 0.29) is 6.04 Å². The molecule has 1 atom stereocenters. The smallest absolute Gasteiger partial charge is 0.125 e. The molecule has 0 spiro atoms. The van der Waals surface area contributed by atoms with Crippen LogP contribution in [0.1, 0.15) is 22.9 Å². The quantitative estimate of drug-likeness (QED) is 0.597. The van der Waals surface area contributed by atoms with E-state index in [1.54, 1.807) is 10.9 Å². The van der Waals surface area contributed by atoms with Crippen molar-refractivity contribution in [3.63, 3.8) is 0 Å². The normalized spacial score (nSPS) is 12.9. The lowest BCUT2D eigenvalue weighted by Gasteiger charge is -2.13. The Labute approximate surface area is 94.2 Å². The fraction of sp³-hybridized carbons (Fsp3) is 0.364. The molecule has 0 bridgehead atoms. The van der Waals surface area contributed by atoms with Crippen LogP contribution in [0.15, 0.2) is 29.1 Å². The van der Waals surface area contributed by atoms with Gasteiger partial charge in [0.2, 0.25) is 0 Å². The Bertz CT molecular complexity index is 460. The third-order valence-corrected chi connectivity index (χ3v) is 2.62. The van der Waals surface area contributed by atoms with Gasteiger partial charge in [0.05, 0.1) is 18.5 Å². The van der Waals surface area contributed by atoms with Gasteiger partial charge in [-0.15, -0.1) is 0 Å². The molecule has 86 valence electrons. The Hall–Kier alpha value is -1.59. The zero-order chi connectivity index (χ0) is 11.5. The monoisotopic (exact) mass is 220 g/mol. The number of aryl methyl sites for hydroxylation is 2.